The molecule has 4 aromatic rings. The zero-order valence-corrected chi connectivity index (χ0v) is 18.5. The van der Waals surface area contributed by atoms with E-state index in [-0.39, 0.29) is 23.6 Å². The molecule has 1 aliphatic rings. The van der Waals surface area contributed by atoms with Crippen LogP contribution in [-0.4, -0.2) is 52.3 Å². The van der Waals surface area contributed by atoms with Gasteiger partial charge in [0, 0.05) is 31.7 Å². The molecule has 0 radical (unpaired) electrons. The summed E-state index contributed by atoms with van der Waals surface area (Å²) in [5.74, 6) is -1.74. The fourth-order valence-electron chi connectivity index (χ4n) is 4.52. The van der Waals surface area contributed by atoms with Gasteiger partial charge >= 0.3 is 0 Å². The molecule has 1 atom stereocenters. The molecule has 1 aromatic carbocycles. The van der Waals surface area contributed by atoms with Crippen molar-refractivity contribution >= 4 is 23.1 Å². The topological polar surface area (TPSA) is 113 Å². The summed E-state index contributed by atoms with van der Waals surface area (Å²) in [6.07, 6.45) is 7.52. The van der Waals surface area contributed by atoms with Gasteiger partial charge < -0.3 is 19.7 Å². The van der Waals surface area contributed by atoms with E-state index in [9.17, 15) is 19.8 Å². The average Bonchev–Trinajstić information content (AvgIpc) is 3.51. The lowest BCUT2D eigenvalue weighted by atomic mass is 9.96. The molecule has 1 fully saturated rings. The minimum Gasteiger partial charge on any atom is -0.508 e. The lowest BCUT2D eigenvalue weighted by molar-refractivity contribution is -0.139. The molecular formula is C25H23N5O4. The maximum Gasteiger partial charge on any atom is 0.295 e. The highest BCUT2D eigenvalue weighted by atomic mass is 16.3. The zero-order chi connectivity index (χ0) is 23.8. The Morgan fingerprint density at radius 3 is 2.71 bits per heavy atom. The van der Waals surface area contributed by atoms with Gasteiger partial charge in [-0.25, -0.2) is 9.97 Å². The Hall–Kier alpha value is -4.40. The van der Waals surface area contributed by atoms with Crippen molar-refractivity contribution in [3.05, 3.63) is 89.9 Å². The van der Waals surface area contributed by atoms with E-state index in [2.05, 4.69) is 9.97 Å². The lowest BCUT2D eigenvalue weighted by Gasteiger charge is -2.25. The number of aliphatic hydroxyl groups is 1. The molecule has 0 bridgehead atoms. The second kappa shape index (κ2) is 8.51. The minimum atomic E-state index is -0.844. The quantitative estimate of drug-likeness (QED) is 0.261. The second-order valence-corrected chi connectivity index (χ2v) is 8.22. The van der Waals surface area contributed by atoms with Crippen molar-refractivity contribution in [2.75, 3.05) is 6.54 Å². The average molecular weight is 457 g/mol. The number of phenolic OH excluding ortho intramolecular Hbond substituents is 1. The van der Waals surface area contributed by atoms with Crippen molar-refractivity contribution < 1.29 is 19.8 Å². The molecule has 5 rings (SSSR count). The van der Waals surface area contributed by atoms with Crippen LogP contribution >= 0.6 is 0 Å². The largest absolute Gasteiger partial charge is 0.508 e. The number of Topliss-reactive ketones (excluding diaryl/α,β-unsaturated/α-hetero) is 1. The number of aliphatic hydroxyl groups excluding tert-OH is 1. The number of ketones is 1. The van der Waals surface area contributed by atoms with Crippen LogP contribution in [0, 0.1) is 6.92 Å². The number of nitrogens with zero attached hydrogens (tertiary/aromatic N) is 5. The summed E-state index contributed by atoms with van der Waals surface area (Å²) in [5, 5.41) is 21.5. The van der Waals surface area contributed by atoms with Crippen LogP contribution in [0.2, 0.25) is 0 Å². The highest BCUT2D eigenvalue weighted by Crippen LogP contribution is 2.40. The Morgan fingerprint density at radius 1 is 1.09 bits per heavy atom. The first-order valence-corrected chi connectivity index (χ1v) is 10.9. The summed E-state index contributed by atoms with van der Waals surface area (Å²) in [4.78, 5) is 36.3. The molecule has 2 N–H and O–H groups in total. The molecule has 4 heterocycles. The van der Waals surface area contributed by atoms with Gasteiger partial charge in [0.05, 0.1) is 23.6 Å². The van der Waals surface area contributed by atoms with Crippen molar-refractivity contribution in [1.29, 1.82) is 0 Å². The van der Waals surface area contributed by atoms with E-state index in [1.807, 2.05) is 16.8 Å². The molecule has 0 aliphatic carbocycles. The van der Waals surface area contributed by atoms with Gasteiger partial charge in [-0.2, -0.15) is 0 Å². The van der Waals surface area contributed by atoms with Gasteiger partial charge in [-0.1, -0.05) is 18.2 Å². The van der Waals surface area contributed by atoms with Gasteiger partial charge in [0.1, 0.15) is 17.1 Å². The maximum atomic E-state index is 13.2. The number of imidazole rings is 2. The lowest BCUT2D eigenvalue weighted by Crippen LogP contribution is -2.31. The predicted octanol–water partition coefficient (Wildman–Crippen LogP) is 3.06. The van der Waals surface area contributed by atoms with Crippen LogP contribution in [0.5, 0.6) is 5.75 Å². The fourth-order valence-corrected chi connectivity index (χ4v) is 4.52. The van der Waals surface area contributed by atoms with Crippen molar-refractivity contribution in [3.8, 4) is 5.75 Å². The highest BCUT2D eigenvalue weighted by Gasteiger charge is 2.46. The summed E-state index contributed by atoms with van der Waals surface area (Å²) >= 11 is 0. The first-order chi connectivity index (χ1) is 16.5. The molecule has 0 saturated carbocycles. The van der Waals surface area contributed by atoms with E-state index in [1.54, 1.807) is 54.3 Å². The van der Waals surface area contributed by atoms with Gasteiger partial charge in [0.25, 0.3) is 11.7 Å². The van der Waals surface area contributed by atoms with Gasteiger partial charge in [-0.15, -0.1) is 0 Å². The molecular weight excluding hydrogens is 434 g/mol. The number of hydrogen-bond donors (Lipinski definition) is 2. The number of hydrogen-bond acceptors (Lipinski definition) is 6. The molecule has 1 amide bonds. The Labute approximate surface area is 195 Å². The first kappa shape index (κ1) is 21.4. The Balaban J connectivity index is 1.61. The molecule has 1 saturated heterocycles. The number of pyridine rings is 1. The van der Waals surface area contributed by atoms with Crippen molar-refractivity contribution in [2.45, 2.75) is 25.9 Å². The Morgan fingerprint density at radius 2 is 1.94 bits per heavy atom. The number of aromatic nitrogens is 4. The maximum absolute atomic E-state index is 13.2. The SMILES string of the molecule is Cc1nc2ccccn2c1C(O)=C1C(=O)C(=O)N(CCCn2ccnc2)C1c1cccc(O)c1. The zero-order valence-electron chi connectivity index (χ0n) is 18.5. The minimum absolute atomic E-state index is 0.00693. The van der Waals surface area contributed by atoms with Gasteiger partial charge in [-0.3, -0.25) is 14.0 Å². The number of aromatic hydroxyl groups is 1. The Kier molecular flexibility index (Phi) is 5.37. The molecule has 0 spiro atoms. The van der Waals surface area contributed by atoms with Crippen LogP contribution in [0.25, 0.3) is 11.4 Å². The smallest absolute Gasteiger partial charge is 0.295 e. The third-order valence-corrected chi connectivity index (χ3v) is 6.03. The van der Waals surface area contributed by atoms with E-state index in [0.717, 1.165) is 0 Å². The van der Waals surface area contributed by atoms with E-state index in [1.165, 1.54) is 17.0 Å². The molecule has 9 nitrogen and oxygen atoms in total. The van der Waals surface area contributed by atoms with Crippen molar-refractivity contribution in [1.82, 2.24) is 23.8 Å². The van der Waals surface area contributed by atoms with Crippen LogP contribution in [-0.2, 0) is 16.1 Å². The van der Waals surface area contributed by atoms with Crippen molar-refractivity contribution in [2.24, 2.45) is 0 Å². The summed E-state index contributed by atoms with van der Waals surface area (Å²) in [5.41, 5.74) is 2.02. The molecule has 172 valence electrons. The standard InChI is InChI=1S/C25H23N5O4/c1-16-21(29-11-3-2-8-19(29)27-16)23(32)20-22(17-6-4-7-18(31)14-17)30(25(34)24(20)33)12-5-10-28-13-9-26-15-28/h2-4,6-9,11,13-15,22,31-32H,5,10,12H2,1H3. The third-order valence-electron chi connectivity index (χ3n) is 6.03. The third kappa shape index (κ3) is 3.61. The van der Waals surface area contributed by atoms with Crippen LogP contribution in [0.1, 0.15) is 29.4 Å². The number of likely N-dealkylation sites (tertiary alicyclic amines) is 1. The number of aryl methyl sites for hydroxylation is 2. The predicted molar refractivity (Wildman–Crippen MR) is 124 cm³/mol. The van der Waals surface area contributed by atoms with Crippen LogP contribution in [0.4, 0.5) is 0 Å². The number of carbonyl (C=O) groups is 2. The van der Waals surface area contributed by atoms with Gasteiger partial charge in [0.2, 0.25) is 0 Å². The normalized spacial score (nSPS) is 17.7. The van der Waals surface area contributed by atoms with Gasteiger partial charge in [0.15, 0.2) is 5.76 Å². The summed E-state index contributed by atoms with van der Waals surface area (Å²) in [6.45, 7) is 2.64. The number of carbonyl (C=O) groups excluding carboxylic acids is 2. The summed E-state index contributed by atoms with van der Waals surface area (Å²) < 4.78 is 3.58. The van der Waals surface area contributed by atoms with E-state index < -0.39 is 17.7 Å². The fraction of sp³-hybridized carbons (Fsp3) is 0.200. The monoisotopic (exact) mass is 457 g/mol. The first-order valence-electron chi connectivity index (χ1n) is 10.9. The summed E-state index contributed by atoms with van der Waals surface area (Å²) in [7, 11) is 0. The second-order valence-electron chi connectivity index (χ2n) is 8.22. The van der Waals surface area contributed by atoms with Crippen LogP contribution < -0.4 is 0 Å². The number of benzene rings is 1. The molecule has 3 aromatic heterocycles. The van der Waals surface area contributed by atoms with Crippen LogP contribution in [0.3, 0.4) is 0 Å². The van der Waals surface area contributed by atoms with Gasteiger partial charge in [-0.05, 0) is 43.2 Å². The highest BCUT2D eigenvalue weighted by molar-refractivity contribution is 6.46. The number of amides is 1. The van der Waals surface area contributed by atoms with Crippen molar-refractivity contribution in [3.63, 3.8) is 0 Å². The van der Waals surface area contributed by atoms with E-state index in [0.29, 0.717) is 35.6 Å². The Bertz CT molecular complexity index is 1420. The van der Waals surface area contributed by atoms with E-state index >= 15 is 0 Å². The molecule has 9 heteroatoms. The molecule has 1 unspecified atom stereocenters. The number of fused-ring (bicyclic) bond motifs is 1. The number of phenols is 1. The van der Waals surface area contributed by atoms with E-state index in [4.69, 9.17) is 0 Å². The molecule has 1 aliphatic heterocycles. The summed E-state index contributed by atoms with van der Waals surface area (Å²) in [6, 6.07) is 11.0. The van der Waals surface area contributed by atoms with Crippen LogP contribution in [0.15, 0.2) is 73.0 Å². The number of rotatable bonds is 6. The molecule has 34 heavy (non-hydrogen) atoms.